The molecule has 0 aliphatic heterocycles. The quantitative estimate of drug-likeness (QED) is 0.0392. The summed E-state index contributed by atoms with van der Waals surface area (Å²) in [6.45, 7) is 5.20. The number of ether oxygens (including phenoxy) is 2. The van der Waals surface area contributed by atoms with E-state index in [0.717, 1.165) is 51.4 Å². The maximum Gasteiger partial charge on any atom is 0.306 e. The molecule has 4 nitrogen and oxygen atoms in total. The molecule has 0 aliphatic rings. The van der Waals surface area contributed by atoms with E-state index in [4.69, 9.17) is 9.47 Å². The van der Waals surface area contributed by atoms with Crippen molar-refractivity contribution in [1.82, 2.24) is 0 Å². The molecule has 0 heterocycles. The molecule has 0 rings (SSSR count). The molecule has 1 unspecified atom stereocenters. The summed E-state index contributed by atoms with van der Waals surface area (Å²) < 4.78 is 11.1. The predicted molar refractivity (Wildman–Crippen MR) is 223 cm³/mol. The van der Waals surface area contributed by atoms with Crippen molar-refractivity contribution in [2.75, 3.05) is 19.8 Å². The first-order valence-electron chi connectivity index (χ1n) is 21.5. The minimum Gasteiger partial charge on any atom is -0.457 e. The molecule has 51 heavy (non-hydrogen) atoms. The zero-order valence-electron chi connectivity index (χ0n) is 33.6. The molecule has 0 saturated heterocycles. The fourth-order valence-electron chi connectivity index (χ4n) is 5.82. The Bertz CT molecular complexity index is 881. The fraction of sp³-hybridized carbons (Fsp3) is 0.723. The number of hydrogen-bond donors (Lipinski definition) is 1. The molecular formula is C47H82O4. The Morgan fingerprint density at radius 2 is 0.882 bits per heavy atom. The van der Waals surface area contributed by atoms with Crippen LogP contribution in [-0.4, -0.2) is 37.0 Å². The zero-order valence-corrected chi connectivity index (χ0v) is 33.6. The third-order valence-electron chi connectivity index (χ3n) is 9.02. The second-order valence-corrected chi connectivity index (χ2v) is 14.0. The number of carbonyl (C=O) groups is 1. The van der Waals surface area contributed by atoms with Gasteiger partial charge in [-0.3, -0.25) is 4.79 Å². The Hall–Kier alpha value is -2.17. The standard InChI is InChI=1S/C47H82O4/c1-3-5-7-9-11-13-15-17-19-20-21-22-23-24-25-26-27-28-29-30-32-34-36-38-40-42-47(49)51-46(44-48)45-50-43-41-39-37-35-33-31-18-16-14-12-10-8-6-4-2/h5,7,11,13-14,16-17,19,21-22,24-25,46,48H,3-4,6,8-10,12,15,18,20,23,26-45H2,1-2H3/b7-5-,13-11-,16-14-,19-17-,22-21-,25-24-. The molecule has 0 aromatic carbocycles. The van der Waals surface area contributed by atoms with E-state index < -0.39 is 6.10 Å². The number of carbonyl (C=O) groups excluding carboxylic acids is 1. The molecule has 0 aromatic heterocycles. The molecule has 0 spiro atoms. The van der Waals surface area contributed by atoms with Crippen LogP contribution in [0.15, 0.2) is 72.9 Å². The van der Waals surface area contributed by atoms with E-state index in [1.165, 1.54) is 122 Å². The van der Waals surface area contributed by atoms with Crippen LogP contribution in [0.25, 0.3) is 0 Å². The Kier molecular flexibility index (Phi) is 42.1. The third-order valence-corrected chi connectivity index (χ3v) is 9.02. The zero-order chi connectivity index (χ0) is 37.0. The average Bonchev–Trinajstić information content (AvgIpc) is 3.14. The number of allylic oxidation sites excluding steroid dienone is 12. The Morgan fingerprint density at radius 1 is 0.490 bits per heavy atom. The van der Waals surface area contributed by atoms with Gasteiger partial charge in [0.2, 0.25) is 0 Å². The second kappa shape index (κ2) is 44.0. The maximum absolute atomic E-state index is 12.2. The van der Waals surface area contributed by atoms with E-state index in [0.29, 0.717) is 13.0 Å². The summed E-state index contributed by atoms with van der Waals surface area (Å²) in [5.74, 6) is -0.212. The number of aliphatic hydroxyl groups is 1. The second-order valence-electron chi connectivity index (χ2n) is 14.0. The Labute approximate surface area is 317 Å². The van der Waals surface area contributed by atoms with Crippen LogP contribution in [-0.2, 0) is 14.3 Å². The van der Waals surface area contributed by atoms with Crippen molar-refractivity contribution in [2.24, 2.45) is 0 Å². The van der Waals surface area contributed by atoms with E-state index in [1.54, 1.807) is 0 Å². The normalized spacial score (nSPS) is 13.1. The van der Waals surface area contributed by atoms with Crippen LogP contribution >= 0.6 is 0 Å². The van der Waals surface area contributed by atoms with Gasteiger partial charge in [0.05, 0.1) is 13.2 Å². The van der Waals surface area contributed by atoms with Crippen LogP contribution in [0.4, 0.5) is 0 Å². The largest absolute Gasteiger partial charge is 0.457 e. The molecule has 1 N–H and O–H groups in total. The van der Waals surface area contributed by atoms with Crippen molar-refractivity contribution < 1.29 is 19.4 Å². The molecule has 294 valence electrons. The fourth-order valence-corrected chi connectivity index (χ4v) is 5.82. The van der Waals surface area contributed by atoms with Crippen LogP contribution in [0.2, 0.25) is 0 Å². The van der Waals surface area contributed by atoms with Gasteiger partial charge in [0, 0.05) is 13.0 Å². The van der Waals surface area contributed by atoms with Gasteiger partial charge >= 0.3 is 5.97 Å². The van der Waals surface area contributed by atoms with E-state index in [2.05, 4.69) is 86.8 Å². The topological polar surface area (TPSA) is 55.8 Å². The van der Waals surface area contributed by atoms with Gasteiger partial charge in [-0.25, -0.2) is 0 Å². The minimum absolute atomic E-state index is 0.179. The summed E-state index contributed by atoms with van der Waals surface area (Å²) >= 11 is 0. The summed E-state index contributed by atoms with van der Waals surface area (Å²) in [4.78, 5) is 12.2. The molecule has 1 atom stereocenters. The van der Waals surface area contributed by atoms with Crippen molar-refractivity contribution in [3.63, 3.8) is 0 Å². The average molecular weight is 711 g/mol. The van der Waals surface area contributed by atoms with Gasteiger partial charge in [-0.2, -0.15) is 0 Å². The number of unbranched alkanes of at least 4 members (excludes halogenated alkanes) is 19. The molecule has 4 heteroatoms. The van der Waals surface area contributed by atoms with E-state index in [-0.39, 0.29) is 19.2 Å². The molecule has 0 fully saturated rings. The molecular weight excluding hydrogens is 629 g/mol. The van der Waals surface area contributed by atoms with Gasteiger partial charge in [0.15, 0.2) is 0 Å². The summed E-state index contributed by atoms with van der Waals surface area (Å²) in [7, 11) is 0. The highest BCUT2D eigenvalue weighted by Crippen LogP contribution is 2.13. The lowest BCUT2D eigenvalue weighted by molar-refractivity contribution is -0.154. The van der Waals surface area contributed by atoms with Crippen molar-refractivity contribution in [3.05, 3.63) is 72.9 Å². The number of aliphatic hydroxyl groups excluding tert-OH is 1. The molecule has 0 amide bonds. The number of rotatable bonds is 39. The summed E-state index contributed by atoms with van der Waals surface area (Å²) in [5, 5.41) is 9.59. The first kappa shape index (κ1) is 48.8. The van der Waals surface area contributed by atoms with Gasteiger partial charge < -0.3 is 14.6 Å². The Morgan fingerprint density at radius 3 is 1.35 bits per heavy atom. The molecule has 0 aromatic rings. The lowest BCUT2D eigenvalue weighted by atomic mass is 10.1. The highest BCUT2D eigenvalue weighted by Gasteiger charge is 2.13. The number of esters is 1. The van der Waals surface area contributed by atoms with Crippen LogP contribution in [0, 0.1) is 0 Å². The van der Waals surface area contributed by atoms with Crippen molar-refractivity contribution >= 4 is 5.97 Å². The van der Waals surface area contributed by atoms with Gasteiger partial charge in [-0.15, -0.1) is 0 Å². The maximum atomic E-state index is 12.2. The minimum atomic E-state index is -0.543. The van der Waals surface area contributed by atoms with Crippen LogP contribution < -0.4 is 0 Å². The van der Waals surface area contributed by atoms with E-state index in [1.807, 2.05) is 0 Å². The van der Waals surface area contributed by atoms with Crippen molar-refractivity contribution in [2.45, 2.75) is 200 Å². The summed E-state index contributed by atoms with van der Waals surface area (Å²) in [6.07, 6.45) is 59.6. The number of hydrogen-bond acceptors (Lipinski definition) is 4. The van der Waals surface area contributed by atoms with Gasteiger partial charge in [-0.1, -0.05) is 177 Å². The van der Waals surface area contributed by atoms with Crippen LogP contribution in [0.3, 0.4) is 0 Å². The lowest BCUT2D eigenvalue weighted by Gasteiger charge is -2.15. The van der Waals surface area contributed by atoms with Crippen LogP contribution in [0.5, 0.6) is 0 Å². The van der Waals surface area contributed by atoms with E-state index in [9.17, 15) is 9.90 Å². The molecule has 0 radical (unpaired) electrons. The monoisotopic (exact) mass is 711 g/mol. The van der Waals surface area contributed by atoms with Crippen molar-refractivity contribution in [3.8, 4) is 0 Å². The molecule has 0 aliphatic carbocycles. The summed E-state index contributed by atoms with van der Waals surface area (Å²) in [5.41, 5.74) is 0. The predicted octanol–water partition coefficient (Wildman–Crippen LogP) is 14.2. The first-order chi connectivity index (χ1) is 25.2. The van der Waals surface area contributed by atoms with Crippen molar-refractivity contribution in [1.29, 1.82) is 0 Å². The summed E-state index contributed by atoms with van der Waals surface area (Å²) in [6, 6.07) is 0. The smallest absolute Gasteiger partial charge is 0.306 e. The van der Waals surface area contributed by atoms with Gasteiger partial charge in [0.1, 0.15) is 6.10 Å². The lowest BCUT2D eigenvalue weighted by Crippen LogP contribution is -2.27. The molecule has 0 saturated carbocycles. The SMILES string of the molecule is CC/C=C\C/C=C\C/C=C\C/C=C\C/C=C\CCCCCCCCCCCC(=O)OC(CO)COCCCCCCCC/C=C\CCCCCC. The van der Waals surface area contributed by atoms with Gasteiger partial charge in [0.25, 0.3) is 0 Å². The Balaban J connectivity index is 3.48. The third kappa shape index (κ3) is 42.1. The molecule has 0 bridgehead atoms. The highest BCUT2D eigenvalue weighted by atomic mass is 16.6. The van der Waals surface area contributed by atoms with Gasteiger partial charge in [-0.05, 0) is 83.5 Å². The van der Waals surface area contributed by atoms with E-state index >= 15 is 0 Å². The van der Waals surface area contributed by atoms with Crippen LogP contribution in [0.1, 0.15) is 194 Å². The highest BCUT2D eigenvalue weighted by molar-refractivity contribution is 5.69. The first-order valence-corrected chi connectivity index (χ1v) is 21.5.